The van der Waals surface area contributed by atoms with Gasteiger partial charge in [0.1, 0.15) is 12.4 Å². The Kier molecular flexibility index (Phi) is 9.76. The number of aromatic nitrogens is 1. The Balaban J connectivity index is 0.000000532. The summed E-state index contributed by atoms with van der Waals surface area (Å²) in [6, 6.07) is 24.3. The molecule has 1 atom stereocenters. The second-order valence-electron chi connectivity index (χ2n) is 8.58. The predicted molar refractivity (Wildman–Crippen MR) is 140 cm³/mol. The molecule has 39 heavy (non-hydrogen) atoms. The number of alkyl halides is 3. The molecule has 0 aliphatic rings. The highest BCUT2D eigenvalue weighted by Crippen LogP contribution is 2.23. The number of nitrogens with zero attached hydrogens (tertiary/aromatic N) is 1. The van der Waals surface area contributed by atoms with E-state index in [0.29, 0.717) is 6.61 Å². The van der Waals surface area contributed by atoms with Gasteiger partial charge in [0.15, 0.2) is 0 Å². The largest absolute Gasteiger partial charge is 0.490 e. The van der Waals surface area contributed by atoms with Gasteiger partial charge in [-0.15, -0.1) is 5.92 Å². The Labute approximate surface area is 223 Å². The van der Waals surface area contributed by atoms with Gasteiger partial charge in [0, 0.05) is 18.9 Å². The fourth-order valence-corrected chi connectivity index (χ4v) is 3.82. The average Bonchev–Trinajstić information content (AvgIpc) is 3.30. The Morgan fingerprint density at radius 2 is 1.51 bits per heavy atom. The molecule has 9 heteroatoms. The maximum atomic E-state index is 11.1. The molecule has 0 saturated heterocycles. The van der Waals surface area contributed by atoms with E-state index >= 15 is 0 Å². The van der Waals surface area contributed by atoms with E-state index in [9.17, 15) is 18.0 Å². The molecule has 2 N–H and O–H groups in total. The molecule has 4 aromatic rings. The second-order valence-corrected chi connectivity index (χ2v) is 8.58. The van der Waals surface area contributed by atoms with Crippen molar-refractivity contribution in [3.05, 3.63) is 102 Å². The van der Waals surface area contributed by atoms with Crippen LogP contribution in [0.4, 0.5) is 13.2 Å². The first-order valence-electron chi connectivity index (χ1n) is 11.8. The zero-order valence-corrected chi connectivity index (χ0v) is 21.0. The monoisotopic (exact) mass is 537 g/mol. The van der Waals surface area contributed by atoms with Crippen molar-refractivity contribution in [2.45, 2.75) is 38.6 Å². The van der Waals surface area contributed by atoms with Crippen LogP contribution in [0.2, 0.25) is 0 Å². The summed E-state index contributed by atoms with van der Waals surface area (Å²) in [5, 5.41) is 18.7. The zero-order valence-electron chi connectivity index (χ0n) is 21.0. The lowest BCUT2D eigenvalue weighted by molar-refractivity contribution is -0.192. The van der Waals surface area contributed by atoms with E-state index in [1.165, 1.54) is 16.3 Å². The van der Waals surface area contributed by atoms with Gasteiger partial charge in [-0.25, -0.2) is 4.79 Å². The fraction of sp³-hybridized carbons (Fsp3) is 0.200. The summed E-state index contributed by atoms with van der Waals surface area (Å²) in [6.45, 7) is 2.99. The summed E-state index contributed by atoms with van der Waals surface area (Å²) in [7, 11) is 0. The smallest absolute Gasteiger partial charge is 0.489 e. The third-order valence-electron chi connectivity index (χ3n) is 5.59. The first-order valence-corrected chi connectivity index (χ1v) is 11.8. The van der Waals surface area contributed by atoms with Gasteiger partial charge in [-0.3, -0.25) is 4.79 Å². The molecule has 202 valence electrons. The molecular formula is C30H26F3NO5. The topological polar surface area (TPSA) is 88.8 Å². The summed E-state index contributed by atoms with van der Waals surface area (Å²) in [5.41, 5.74) is 3.20. The molecule has 4 rings (SSSR count). The lowest BCUT2D eigenvalue weighted by atomic mass is 9.96. The van der Waals surface area contributed by atoms with Crippen molar-refractivity contribution in [2.75, 3.05) is 0 Å². The van der Waals surface area contributed by atoms with E-state index < -0.39 is 18.1 Å². The molecule has 0 spiro atoms. The fourth-order valence-electron chi connectivity index (χ4n) is 3.82. The Morgan fingerprint density at radius 3 is 2.05 bits per heavy atom. The molecule has 1 aromatic heterocycles. The van der Waals surface area contributed by atoms with E-state index in [-0.39, 0.29) is 12.3 Å². The number of benzene rings is 3. The van der Waals surface area contributed by atoms with E-state index in [4.69, 9.17) is 19.7 Å². The van der Waals surface area contributed by atoms with Crippen molar-refractivity contribution in [3.63, 3.8) is 0 Å². The van der Waals surface area contributed by atoms with Crippen molar-refractivity contribution in [1.82, 2.24) is 4.57 Å². The van der Waals surface area contributed by atoms with Crippen molar-refractivity contribution in [3.8, 4) is 17.6 Å². The average molecular weight is 538 g/mol. The Morgan fingerprint density at radius 1 is 0.923 bits per heavy atom. The molecule has 0 fully saturated rings. The Bertz CT molecular complexity index is 1450. The second kappa shape index (κ2) is 13.2. The normalized spacial score (nSPS) is 11.5. The highest BCUT2D eigenvalue weighted by atomic mass is 19.4. The number of ether oxygens (including phenoxy) is 1. The van der Waals surface area contributed by atoms with Gasteiger partial charge in [-0.2, -0.15) is 13.2 Å². The van der Waals surface area contributed by atoms with Crippen LogP contribution in [0.15, 0.2) is 85.2 Å². The van der Waals surface area contributed by atoms with Crippen LogP contribution < -0.4 is 4.74 Å². The number of carboxylic acids is 2. The lowest BCUT2D eigenvalue weighted by Crippen LogP contribution is -2.21. The third kappa shape index (κ3) is 8.97. The van der Waals surface area contributed by atoms with Crippen molar-refractivity contribution in [2.24, 2.45) is 0 Å². The van der Waals surface area contributed by atoms with E-state index in [1.807, 2.05) is 24.3 Å². The number of rotatable bonds is 8. The molecule has 0 unspecified atom stereocenters. The highest BCUT2D eigenvalue weighted by Gasteiger charge is 2.38. The minimum absolute atomic E-state index is 0.00913. The summed E-state index contributed by atoms with van der Waals surface area (Å²) in [5.74, 6) is 2.61. The number of carboxylic acid groups (broad SMARTS) is 2. The standard InChI is InChI=1S/C28H25NO3.C2HF3O2/c1-2-6-24(16-28(30)31)23-11-13-27(14-12-23)32-20-22-8-5-7-21(15-22)17-29-18-25-9-3-4-10-26(25)19-29;3-2(4,5)1(6)7/h3-5,7-15,18-19,24H,16-17,20H2,1H3,(H,30,31);(H,6,7)/t24-;/m0./s1. The molecule has 0 radical (unpaired) electrons. The number of carbonyl (C=O) groups is 2. The SMILES string of the molecule is CC#C[C@@H](CC(=O)O)c1ccc(OCc2cccc(Cn3cc4ccccc4c3)c2)cc1.O=C(O)C(F)(F)F. The summed E-state index contributed by atoms with van der Waals surface area (Å²) < 4.78 is 39.9. The molecule has 0 aliphatic carbocycles. The quantitative estimate of drug-likeness (QED) is 0.251. The van der Waals surface area contributed by atoms with Gasteiger partial charge < -0.3 is 19.5 Å². The van der Waals surface area contributed by atoms with Gasteiger partial charge >= 0.3 is 18.1 Å². The number of hydrogen-bond donors (Lipinski definition) is 2. The Hall–Kier alpha value is -4.71. The number of aliphatic carboxylic acids is 2. The number of halogens is 3. The first-order chi connectivity index (χ1) is 18.5. The summed E-state index contributed by atoms with van der Waals surface area (Å²) in [6.07, 6.45) is -0.758. The van der Waals surface area contributed by atoms with Crippen LogP contribution in [0.1, 0.15) is 36.0 Å². The van der Waals surface area contributed by atoms with E-state index in [1.54, 1.807) is 6.92 Å². The highest BCUT2D eigenvalue weighted by molar-refractivity contribution is 5.82. The molecule has 0 amide bonds. The molecule has 6 nitrogen and oxygen atoms in total. The van der Waals surface area contributed by atoms with Crippen molar-refractivity contribution >= 4 is 22.7 Å². The van der Waals surface area contributed by atoms with Gasteiger partial charge in [-0.05, 0) is 46.5 Å². The van der Waals surface area contributed by atoms with Gasteiger partial charge in [0.2, 0.25) is 0 Å². The van der Waals surface area contributed by atoms with E-state index in [0.717, 1.165) is 23.4 Å². The molecule has 3 aromatic carbocycles. The van der Waals surface area contributed by atoms with Crippen LogP contribution in [0, 0.1) is 11.8 Å². The maximum absolute atomic E-state index is 11.1. The first kappa shape index (κ1) is 28.9. The van der Waals surface area contributed by atoms with Gasteiger partial charge in [0.05, 0.1) is 12.3 Å². The third-order valence-corrected chi connectivity index (χ3v) is 5.59. The molecule has 0 saturated carbocycles. The minimum Gasteiger partial charge on any atom is -0.489 e. The molecule has 0 bridgehead atoms. The zero-order chi connectivity index (χ0) is 28.4. The van der Waals surface area contributed by atoms with Crippen LogP contribution in [-0.4, -0.2) is 32.9 Å². The molecule has 0 aliphatic heterocycles. The lowest BCUT2D eigenvalue weighted by Gasteiger charge is -2.11. The summed E-state index contributed by atoms with van der Waals surface area (Å²) >= 11 is 0. The van der Waals surface area contributed by atoms with Crippen LogP contribution >= 0.6 is 0 Å². The predicted octanol–water partition coefficient (Wildman–Crippen LogP) is 6.48. The van der Waals surface area contributed by atoms with Crippen molar-refractivity contribution in [1.29, 1.82) is 0 Å². The number of fused-ring (bicyclic) bond motifs is 1. The van der Waals surface area contributed by atoms with E-state index in [2.05, 4.69) is 77.3 Å². The maximum Gasteiger partial charge on any atom is 0.490 e. The van der Waals surface area contributed by atoms with Crippen LogP contribution in [-0.2, 0) is 22.7 Å². The molecular weight excluding hydrogens is 511 g/mol. The molecule has 1 heterocycles. The van der Waals surface area contributed by atoms with Crippen LogP contribution in [0.5, 0.6) is 5.75 Å². The minimum atomic E-state index is -5.08. The van der Waals surface area contributed by atoms with Crippen LogP contribution in [0.3, 0.4) is 0 Å². The van der Waals surface area contributed by atoms with Gasteiger partial charge in [-0.1, -0.05) is 66.6 Å². The summed E-state index contributed by atoms with van der Waals surface area (Å²) in [4.78, 5) is 20.0. The van der Waals surface area contributed by atoms with Crippen molar-refractivity contribution < 1.29 is 37.7 Å². The number of hydrogen-bond acceptors (Lipinski definition) is 3. The van der Waals surface area contributed by atoms with Crippen LogP contribution in [0.25, 0.3) is 10.8 Å². The van der Waals surface area contributed by atoms with Gasteiger partial charge in [0.25, 0.3) is 0 Å².